The quantitative estimate of drug-likeness (QED) is 0.0222. The van der Waals surface area contributed by atoms with Crippen LogP contribution in [-0.4, -0.2) is 96.7 Å². The summed E-state index contributed by atoms with van der Waals surface area (Å²) in [6.45, 7) is 14.2. The second kappa shape index (κ2) is 68.2. The van der Waals surface area contributed by atoms with Gasteiger partial charge in [0.1, 0.15) is 19.3 Å². The SMILES string of the molecule is CCC(C)CCCCCCCCC(=O)OC[C@H](COP(=O)(O)OC[C@@H](O)COP(=O)(O)OC[C@@H](COC(=O)CCCCCCCCC(C)CC)OC(=O)CCCCCCCCCCCCCCCCC(C)C)OC(=O)CCCCCCCCCCCCCCCCCCCCC(C)C. The predicted molar refractivity (Wildman–Crippen MR) is 400 cm³/mol. The number of aliphatic hydroxyl groups excluding tert-OH is 1. The summed E-state index contributed by atoms with van der Waals surface area (Å²) < 4.78 is 68.6. The number of phosphoric ester groups is 2. The monoisotopic (exact) mass is 1440 g/mol. The molecular weight excluding hydrogens is 1280 g/mol. The van der Waals surface area contributed by atoms with Gasteiger partial charge in [0.05, 0.1) is 26.4 Å². The van der Waals surface area contributed by atoms with Crippen LogP contribution in [0.15, 0.2) is 0 Å². The Kier molecular flexibility index (Phi) is 66.8. The van der Waals surface area contributed by atoms with Crippen LogP contribution in [0.4, 0.5) is 0 Å². The van der Waals surface area contributed by atoms with E-state index in [1.165, 1.54) is 193 Å². The number of unbranched alkanes of at least 4 members (excludes halogenated alkanes) is 40. The van der Waals surface area contributed by atoms with Crippen LogP contribution in [0.1, 0.15) is 402 Å². The summed E-state index contributed by atoms with van der Waals surface area (Å²) in [6.07, 6.45) is 54.3. The third-order valence-electron chi connectivity index (χ3n) is 19.0. The van der Waals surface area contributed by atoms with E-state index in [1.807, 2.05) is 0 Å². The first kappa shape index (κ1) is 96.1. The molecule has 0 spiro atoms. The van der Waals surface area contributed by atoms with E-state index in [2.05, 4.69) is 55.4 Å². The molecule has 0 saturated heterocycles. The van der Waals surface area contributed by atoms with Crippen LogP contribution in [0.3, 0.4) is 0 Å². The zero-order valence-corrected chi connectivity index (χ0v) is 66.2. The first-order valence-electron chi connectivity index (χ1n) is 40.8. The molecule has 98 heavy (non-hydrogen) atoms. The number of ether oxygens (including phenoxy) is 4. The standard InChI is InChI=1S/C79H154O17P2/c1-9-71(7)57-49-41-35-37-43-51-59-76(81)89-65-74(95-78(83)61-53-45-33-29-25-21-16-14-12-11-13-15-19-23-27-31-39-47-55-69(3)4)67-93-97(85,86)91-63-73(80)64-92-98(87,88)94-68-75(66-90-77(82)60-52-44-38-36-42-50-58-72(8)10-2)96-79(84)62-54-46-34-30-26-22-18-17-20-24-28-32-40-48-56-70(5)6/h69-75,80H,9-68H2,1-8H3,(H,85,86)(H,87,88)/t71?,72?,73-,74-,75-/m1/s1. The molecular formula is C79H154O17P2. The van der Waals surface area contributed by atoms with Crippen LogP contribution < -0.4 is 0 Å². The number of aliphatic hydroxyl groups is 1. The molecule has 19 heteroatoms. The van der Waals surface area contributed by atoms with Crippen molar-refractivity contribution in [3.63, 3.8) is 0 Å². The van der Waals surface area contributed by atoms with Crippen molar-refractivity contribution in [2.75, 3.05) is 39.6 Å². The lowest BCUT2D eigenvalue weighted by atomic mass is 10.00. The lowest BCUT2D eigenvalue weighted by Gasteiger charge is -2.21. The van der Waals surface area contributed by atoms with Crippen molar-refractivity contribution < 1.29 is 80.2 Å². The summed E-state index contributed by atoms with van der Waals surface area (Å²) in [4.78, 5) is 72.9. The lowest BCUT2D eigenvalue weighted by Crippen LogP contribution is -2.30. The van der Waals surface area contributed by atoms with Gasteiger partial charge < -0.3 is 33.8 Å². The minimum atomic E-state index is -4.96. The fourth-order valence-corrected chi connectivity index (χ4v) is 13.6. The van der Waals surface area contributed by atoms with E-state index in [1.54, 1.807) is 0 Å². The third-order valence-corrected chi connectivity index (χ3v) is 20.9. The topological polar surface area (TPSA) is 237 Å². The molecule has 0 aliphatic carbocycles. The largest absolute Gasteiger partial charge is 0.472 e. The second-order valence-electron chi connectivity index (χ2n) is 29.9. The molecule has 0 bridgehead atoms. The third kappa shape index (κ3) is 69.8. The van der Waals surface area contributed by atoms with Gasteiger partial charge in [0.25, 0.3) is 0 Å². The average Bonchev–Trinajstić information content (AvgIpc) is 1.00. The molecule has 0 fully saturated rings. The molecule has 3 N–H and O–H groups in total. The molecule has 0 aliphatic heterocycles. The fraction of sp³-hybridized carbons (Fsp3) is 0.949. The van der Waals surface area contributed by atoms with E-state index in [4.69, 9.17) is 37.0 Å². The van der Waals surface area contributed by atoms with E-state index in [-0.39, 0.29) is 25.7 Å². The molecule has 0 aromatic carbocycles. The van der Waals surface area contributed by atoms with Crippen molar-refractivity contribution >= 4 is 39.5 Å². The van der Waals surface area contributed by atoms with Gasteiger partial charge in [0.2, 0.25) is 0 Å². The van der Waals surface area contributed by atoms with Crippen molar-refractivity contribution in [2.45, 2.75) is 420 Å². The molecule has 0 rings (SSSR count). The number of esters is 4. The number of rotatable bonds is 76. The number of carbonyl (C=O) groups excluding carboxylic acids is 4. The Labute approximate surface area is 600 Å². The van der Waals surface area contributed by atoms with Crippen molar-refractivity contribution in [2.24, 2.45) is 23.7 Å². The van der Waals surface area contributed by atoms with Crippen LogP contribution in [0.2, 0.25) is 0 Å². The smallest absolute Gasteiger partial charge is 0.462 e. The van der Waals surface area contributed by atoms with Gasteiger partial charge in [0, 0.05) is 25.7 Å². The number of carbonyl (C=O) groups is 4. The highest BCUT2D eigenvalue weighted by molar-refractivity contribution is 7.47. The van der Waals surface area contributed by atoms with Crippen molar-refractivity contribution in [1.29, 1.82) is 0 Å². The first-order chi connectivity index (χ1) is 47.2. The van der Waals surface area contributed by atoms with Gasteiger partial charge >= 0.3 is 39.5 Å². The zero-order chi connectivity index (χ0) is 72.4. The van der Waals surface area contributed by atoms with Gasteiger partial charge in [-0.15, -0.1) is 0 Å². The van der Waals surface area contributed by atoms with E-state index in [0.717, 1.165) is 126 Å². The summed E-state index contributed by atoms with van der Waals surface area (Å²) in [5.41, 5.74) is 0. The summed E-state index contributed by atoms with van der Waals surface area (Å²) in [7, 11) is -9.92. The highest BCUT2D eigenvalue weighted by Gasteiger charge is 2.30. The Morgan fingerprint density at radius 1 is 0.286 bits per heavy atom. The maximum Gasteiger partial charge on any atom is 0.472 e. The van der Waals surface area contributed by atoms with Crippen molar-refractivity contribution in [3.05, 3.63) is 0 Å². The molecule has 0 aromatic rings. The molecule has 582 valence electrons. The first-order valence-corrected chi connectivity index (χ1v) is 43.8. The molecule has 0 heterocycles. The molecule has 17 nitrogen and oxygen atoms in total. The zero-order valence-electron chi connectivity index (χ0n) is 64.4. The maximum absolute atomic E-state index is 13.1. The summed E-state index contributed by atoms with van der Waals surface area (Å²) in [5.74, 6) is 0.957. The van der Waals surface area contributed by atoms with Crippen LogP contribution in [0.25, 0.3) is 0 Å². The Morgan fingerprint density at radius 2 is 0.490 bits per heavy atom. The van der Waals surface area contributed by atoms with Crippen LogP contribution in [-0.2, 0) is 65.4 Å². The van der Waals surface area contributed by atoms with Gasteiger partial charge in [-0.2, -0.15) is 0 Å². The molecule has 7 atom stereocenters. The summed E-state index contributed by atoms with van der Waals surface area (Å²) in [5, 5.41) is 10.6. The highest BCUT2D eigenvalue weighted by atomic mass is 31.2. The van der Waals surface area contributed by atoms with Gasteiger partial charge in [-0.25, -0.2) is 9.13 Å². The van der Waals surface area contributed by atoms with Gasteiger partial charge in [-0.05, 0) is 49.4 Å². The van der Waals surface area contributed by atoms with Crippen molar-refractivity contribution in [3.8, 4) is 0 Å². The number of hydrogen-bond donors (Lipinski definition) is 3. The molecule has 0 aromatic heterocycles. The van der Waals surface area contributed by atoms with Crippen LogP contribution in [0.5, 0.6) is 0 Å². The maximum atomic E-state index is 13.1. The molecule has 0 radical (unpaired) electrons. The Morgan fingerprint density at radius 3 is 0.724 bits per heavy atom. The van der Waals surface area contributed by atoms with Crippen LogP contribution in [0, 0.1) is 23.7 Å². The second-order valence-corrected chi connectivity index (χ2v) is 32.8. The summed E-state index contributed by atoms with van der Waals surface area (Å²) >= 11 is 0. The minimum Gasteiger partial charge on any atom is -0.462 e. The Balaban J connectivity index is 5.18. The average molecular weight is 1440 g/mol. The lowest BCUT2D eigenvalue weighted by molar-refractivity contribution is -0.161. The minimum absolute atomic E-state index is 0.106. The van der Waals surface area contributed by atoms with E-state index < -0.39 is 97.5 Å². The van der Waals surface area contributed by atoms with E-state index in [0.29, 0.717) is 25.7 Å². The number of phosphoric acid groups is 2. The molecule has 0 amide bonds. The fourth-order valence-electron chi connectivity index (χ4n) is 12.0. The van der Waals surface area contributed by atoms with Gasteiger partial charge in [-0.3, -0.25) is 37.3 Å². The van der Waals surface area contributed by atoms with Gasteiger partial charge in [0.15, 0.2) is 12.2 Å². The predicted octanol–water partition coefficient (Wildman–Crippen LogP) is 23.2. The summed E-state index contributed by atoms with van der Waals surface area (Å²) in [6, 6.07) is 0. The molecule has 0 aliphatic rings. The number of hydrogen-bond acceptors (Lipinski definition) is 15. The normalized spacial score (nSPS) is 14.6. The Bertz CT molecular complexity index is 1920. The van der Waals surface area contributed by atoms with Gasteiger partial charge in [-0.1, -0.05) is 351 Å². The molecule has 4 unspecified atom stereocenters. The Hall–Kier alpha value is -1.94. The highest BCUT2D eigenvalue weighted by Crippen LogP contribution is 2.45. The van der Waals surface area contributed by atoms with E-state index >= 15 is 0 Å². The van der Waals surface area contributed by atoms with Crippen molar-refractivity contribution in [1.82, 2.24) is 0 Å². The molecule has 0 saturated carbocycles. The van der Waals surface area contributed by atoms with Crippen LogP contribution >= 0.6 is 15.6 Å². The van der Waals surface area contributed by atoms with E-state index in [9.17, 15) is 43.2 Å².